The summed E-state index contributed by atoms with van der Waals surface area (Å²) in [5.74, 6) is 0.366. The summed E-state index contributed by atoms with van der Waals surface area (Å²) in [4.78, 5) is 0.170. The summed E-state index contributed by atoms with van der Waals surface area (Å²) in [7, 11) is -1.95. The highest BCUT2D eigenvalue weighted by Gasteiger charge is 2.16. The zero-order valence-corrected chi connectivity index (χ0v) is 10.6. The van der Waals surface area contributed by atoms with E-state index in [0.717, 1.165) is 11.1 Å². The third kappa shape index (κ3) is 2.27. The van der Waals surface area contributed by atoms with Crippen LogP contribution in [-0.2, 0) is 8.27 Å². The Balaban J connectivity index is 3.51. The van der Waals surface area contributed by atoms with E-state index in [-0.39, 0.29) is 4.90 Å². The van der Waals surface area contributed by atoms with Gasteiger partial charge in [-0.2, -0.15) is 0 Å². The predicted octanol–water partition coefficient (Wildman–Crippen LogP) is 2.40. The fourth-order valence-electron chi connectivity index (χ4n) is 1.11. The molecule has 0 aliphatic heterocycles. The summed E-state index contributed by atoms with van der Waals surface area (Å²) in [6, 6.07) is 3.31. The second-order valence-corrected chi connectivity index (χ2v) is 6.90. The van der Waals surface area contributed by atoms with Gasteiger partial charge >= 0.3 is 0 Å². The van der Waals surface area contributed by atoms with Crippen LogP contribution >= 0.6 is 14.8 Å². The van der Waals surface area contributed by atoms with Crippen molar-refractivity contribution in [3.8, 4) is 5.75 Å². The van der Waals surface area contributed by atoms with Gasteiger partial charge in [-0.1, -0.05) is 0 Å². The smallest absolute Gasteiger partial charge is 0.241 e. The fourth-order valence-corrected chi connectivity index (χ4v) is 2.57. The second-order valence-electron chi connectivity index (χ2n) is 3.03. The maximum Gasteiger partial charge on any atom is 0.241 e. The van der Waals surface area contributed by atoms with E-state index in [2.05, 4.69) is 14.8 Å². The summed E-state index contributed by atoms with van der Waals surface area (Å²) < 4.78 is 27.6. The Morgan fingerprint density at radius 3 is 2.14 bits per heavy atom. The van der Waals surface area contributed by atoms with Crippen LogP contribution in [0.25, 0.3) is 0 Å². The van der Waals surface area contributed by atoms with Crippen LogP contribution in [0.4, 0.5) is 0 Å². The average molecular weight is 279 g/mol. The first-order chi connectivity index (χ1) is 6.36. The SMILES string of the molecule is COc1cc(C)c(C)cc1S(=O)(=O)Br. The molecule has 1 aromatic carbocycles. The van der Waals surface area contributed by atoms with Crippen molar-refractivity contribution in [1.82, 2.24) is 0 Å². The molecule has 3 nitrogen and oxygen atoms in total. The second kappa shape index (κ2) is 3.90. The van der Waals surface area contributed by atoms with Crippen LogP contribution in [0.3, 0.4) is 0 Å². The van der Waals surface area contributed by atoms with E-state index in [1.165, 1.54) is 7.11 Å². The van der Waals surface area contributed by atoms with Gasteiger partial charge < -0.3 is 4.74 Å². The lowest BCUT2D eigenvalue weighted by molar-refractivity contribution is 0.402. The number of methoxy groups -OCH3 is 1. The van der Waals surface area contributed by atoms with Gasteiger partial charge in [-0.25, -0.2) is 8.42 Å². The number of aryl methyl sites for hydroxylation is 2. The molecule has 0 aromatic heterocycles. The first-order valence-electron chi connectivity index (χ1n) is 3.96. The molecule has 0 unspecified atom stereocenters. The predicted molar refractivity (Wildman–Crippen MR) is 58.6 cm³/mol. The van der Waals surface area contributed by atoms with Gasteiger partial charge in [0.05, 0.1) is 21.9 Å². The van der Waals surface area contributed by atoms with Gasteiger partial charge in [0, 0.05) is 0 Å². The van der Waals surface area contributed by atoms with Crippen molar-refractivity contribution in [3.63, 3.8) is 0 Å². The Bertz CT molecular complexity index is 451. The fraction of sp³-hybridized carbons (Fsp3) is 0.333. The Labute approximate surface area is 91.2 Å². The highest BCUT2D eigenvalue weighted by molar-refractivity contribution is 9.47. The lowest BCUT2D eigenvalue weighted by Crippen LogP contribution is -1.97. The maximum atomic E-state index is 11.3. The summed E-state index contributed by atoms with van der Waals surface area (Å²) in [6.45, 7) is 3.76. The highest BCUT2D eigenvalue weighted by Crippen LogP contribution is 2.30. The molecule has 1 aromatic rings. The third-order valence-corrected chi connectivity index (χ3v) is 3.93. The average Bonchev–Trinajstić information content (AvgIpc) is 2.07. The summed E-state index contributed by atoms with van der Waals surface area (Å²) in [5.41, 5.74) is 1.92. The van der Waals surface area contributed by atoms with Gasteiger partial charge in [0.25, 0.3) is 0 Å². The first-order valence-corrected chi connectivity index (χ1v) is 7.28. The van der Waals surface area contributed by atoms with Gasteiger partial charge in [0.15, 0.2) is 0 Å². The number of halogens is 1. The number of hydrogen-bond donors (Lipinski definition) is 0. The number of hydrogen-bond acceptors (Lipinski definition) is 3. The molecular weight excluding hydrogens is 268 g/mol. The standard InChI is InChI=1S/C9H11BrO3S/c1-6-4-8(13-3)9(5-7(6)2)14(10,11)12/h4-5H,1-3H3. The van der Waals surface area contributed by atoms with Crippen LogP contribution in [0.1, 0.15) is 11.1 Å². The molecule has 0 N–H and O–H groups in total. The molecule has 1 rings (SSSR count). The van der Waals surface area contributed by atoms with Gasteiger partial charge in [-0.3, -0.25) is 0 Å². The van der Waals surface area contributed by atoms with Crippen LogP contribution in [0.5, 0.6) is 5.75 Å². The molecule has 0 radical (unpaired) electrons. The summed E-state index contributed by atoms with van der Waals surface area (Å²) >= 11 is 2.63. The van der Waals surface area contributed by atoms with Gasteiger partial charge in [-0.05, 0) is 37.1 Å². The van der Waals surface area contributed by atoms with E-state index in [0.29, 0.717) is 5.75 Å². The lowest BCUT2D eigenvalue weighted by Gasteiger charge is -2.08. The quantitative estimate of drug-likeness (QED) is 0.781. The van der Waals surface area contributed by atoms with E-state index in [1.54, 1.807) is 12.1 Å². The Morgan fingerprint density at radius 1 is 1.21 bits per heavy atom. The van der Waals surface area contributed by atoms with Crippen LogP contribution in [0.15, 0.2) is 17.0 Å². The van der Waals surface area contributed by atoms with Crippen LogP contribution in [0, 0.1) is 13.8 Å². The Kier molecular flexibility index (Phi) is 3.21. The number of ether oxygens (including phenoxy) is 1. The Hall–Kier alpha value is -0.550. The van der Waals surface area contributed by atoms with E-state index in [9.17, 15) is 8.42 Å². The van der Waals surface area contributed by atoms with Crippen molar-refractivity contribution < 1.29 is 13.2 Å². The van der Waals surface area contributed by atoms with Crippen molar-refractivity contribution in [2.75, 3.05) is 7.11 Å². The minimum atomic E-state index is -3.40. The zero-order valence-electron chi connectivity index (χ0n) is 8.17. The maximum absolute atomic E-state index is 11.3. The largest absolute Gasteiger partial charge is 0.495 e. The topological polar surface area (TPSA) is 43.4 Å². The molecule has 14 heavy (non-hydrogen) atoms. The minimum Gasteiger partial charge on any atom is -0.495 e. The van der Waals surface area contributed by atoms with Crippen LogP contribution in [-0.4, -0.2) is 15.5 Å². The van der Waals surface area contributed by atoms with Gasteiger partial charge in [0.2, 0.25) is 8.27 Å². The van der Waals surface area contributed by atoms with Crippen molar-refractivity contribution >= 4 is 23.1 Å². The van der Waals surface area contributed by atoms with Crippen molar-refractivity contribution in [1.29, 1.82) is 0 Å². The molecule has 0 heterocycles. The highest BCUT2D eigenvalue weighted by atomic mass is 79.9. The summed E-state index contributed by atoms with van der Waals surface area (Å²) in [5, 5.41) is 0. The molecule has 0 atom stereocenters. The number of rotatable bonds is 2. The van der Waals surface area contributed by atoms with Gasteiger partial charge in [0.1, 0.15) is 10.6 Å². The third-order valence-electron chi connectivity index (χ3n) is 2.04. The lowest BCUT2D eigenvalue weighted by atomic mass is 10.1. The molecule has 0 saturated heterocycles. The molecular formula is C9H11BrO3S. The van der Waals surface area contributed by atoms with E-state index < -0.39 is 8.27 Å². The Morgan fingerprint density at radius 2 is 1.71 bits per heavy atom. The molecule has 0 saturated carbocycles. The van der Waals surface area contributed by atoms with Crippen molar-refractivity contribution in [3.05, 3.63) is 23.3 Å². The first kappa shape index (κ1) is 11.5. The van der Waals surface area contributed by atoms with Crippen LogP contribution in [0.2, 0.25) is 0 Å². The molecule has 0 amide bonds. The van der Waals surface area contributed by atoms with E-state index in [1.807, 2.05) is 13.8 Å². The van der Waals surface area contributed by atoms with Crippen molar-refractivity contribution in [2.45, 2.75) is 18.7 Å². The monoisotopic (exact) mass is 278 g/mol. The normalized spacial score (nSPS) is 11.4. The molecule has 78 valence electrons. The molecule has 0 aliphatic carbocycles. The molecule has 0 spiro atoms. The van der Waals surface area contributed by atoms with Gasteiger partial charge in [-0.15, -0.1) is 0 Å². The zero-order chi connectivity index (χ0) is 10.9. The molecule has 0 fully saturated rings. The summed E-state index contributed by atoms with van der Waals surface area (Å²) in [6.07, 6.45) is 0. The molecule has 5 heteroatoms. The van der Waals surface area contributed by atoms with E-state index in [4.69, 9.17) is 4.74 Å². The van der Waals surface area contributed by atoms with Crippen molar-refractivity contribution in [2.24, 2.45) is 0 Å². The molecule has 0 bridgehead atoms. The van der Waals surface area contributed by atoms with Crippen LogP contribution < -0.4 is 4.74 Å². The van der Waals surface area contributed by atoms with E-state index >= 15 is 0 Å². The number of benzene rings is 1. The minimum absolute atomic E-state index is 0.170. The molecule has 0 aliphatic rings.